The zero-order valence-corrected chi connectivity index (χ0v) is 12.3. The first-order valence-corrected chi connectivity index (χ1v) is 7.98. The molecule has 1 aliphatic rings. The Morgan fingerprint density at radius 1 is 1.29 bits per heavy atom. The van der Waals surface area contributed by atoms with Crippen LogP contribution in [-0.2, 0) is 23.1 Å². The summed E-state index contributed by atoms with van der Waals surface area (Å²) in [6, 6.07) is 0. The van der Waals surface area contributed by atoms with Gasteiger partial charge in [-0.25, -0.2) is 18.4 Å². The Labute approximate surface area is 122 Å². The molecule has 3 heterocycles. The van der Waals surface area contributed by atoms with Crippen LogP contribution in [0.5, 0.6) is 0 Å². The van der Waals surface area contributed by atoms with E-state index in [2.05, 4.69) is 25.5 Å². The fourth-order valence-electron chi connectivity index (χ4n) is 2.10. The molecule has 9 nitrogen and oxygen atoms in total. The van der Waals surface area contributed by atoms with Crippen molar-refractivity contribution in [3.63, 3.8) is 0 Å². The van der Waals surface area contributed by atoms with Crippen LogP contribution >= 0.6 is 0 Å². The lowest BCUT2D eigenvalue weighted by atomic mass is 10.4. The van der Waals surface area contributed by atoms with Gasteiger partial charge in [0, 0.05) is 19.6 Å². The summed E-state index contributed by atoms with van der Waals surface area (Å²) in [5.74, 6) is 1.05. The van der Waals surface area contributed by atoms with Crippen molar-refractivity contribution in [3.8, 4) is 0 Å². The summed E-state index contributed by atoms with van der Waals surface area (Å²) in [4.78, 5) is 8.09. The zero-order chi connectivity index (χ0) is 14.9. The molecule has 1 N–H and O–H groups in total. The van der Waals surface area contributed by atoms with E-state index in [1.54, 1.807) is 6.33 Å². The molecular formula is C11H15N7O2S. The number of fused-ring (bicyclic) bond motifs is 1. The lowest BCUT2D eigenvalue weighted by Gasteiger charge is -2.26. The quantitative estimate of drug-likeness (QED) is 0.826. The molecule has 0 radical (unpaired) electrons. The van der Waals surface area contributed by atoms with Gasteiger partial charge in [0.15, 0.2) is 0 Å². The highest BCUT2D eigenvalue weighted by molar-refractivity contribution is 7.89. The normalized spacial score (nSPS) is 15.7. The van der Waals surface area contributed by atoms with Crippen molar-refractivity contribution in [2.75, 3.05) is 18.4 Å². The topological polar surface area (TPSA) is 106 Å². The fraction of sp³-hybridized carbons (Fsp3) is 0.455. The molecule has 3 rings (SSSR count). The number of nitrogens with one attached hydrogen (secondary N) is 1. The molecule has 2 aromatic rings. The van der Waals surface area contributed by atoms with Gasteiger partial charge in [0.25, 0.3) is 0 Å². The molecule has 1 aliphatic heterocycles. The van der Waals surface area contributed by atoms with Crippen LogP contribution in [0.3, 0.4) is 0 Å². The van der Waals surface area contributed by atoms with Gasteiger partial charge in [-0.15, -0.1) is 10.2 Å². The summed E-state index contributed by atoms with van der Waals surface area (Å²) in [6.45, 7) is 3.71. The van der Waals surface area contributed by atoms with E-state index in [0.717, 1.165) is 0 Å². The van der Waals surface area contributed by atoms with Crippen LogP contribution < -0.4 is 5.32 Å². The van der Waals surface area contributed by atoms with Crippen molar-refractivity contribution in [3.05, 3.63) is 24.5 Å². The lowest BCUT2D eigenvalue weighted by molar-refractivity contribution is 0.335. The van der Waals surface area contributed by atoms with E-state index in [9.17, 15) is 8.42 Å². The van der Waals surface area contributed by atoms with Crippen molar-refractivity contribution < 1.29 is 8.42 Å². The molecule has 10 heteroatoms. The van der Waals surface area contributed by atoms with Gasteiger partial charge in [0.2, 0.25) is 16.0 Å². The lowest BCUT2D eigenvalue weighted by Crippen LogP contribution is -2.38. The van der Waals surface area contributed by atoms with Gasteiger partial charge in [-0.1, -0.05) is 0 Å². The Kier molecular flexibility index (Phi) is 3.55. The summed E-state index contributed by atoms with van der Waals surface area (Å²) in [7, 11) is -3.61. The zero-order valence-electron chi connectivity index (χ0n) is 11.5. The van der Waals surface area contributed by atoms with Crippen LogP contribution in [-0.4, -0.2) is 50.5 Å². The molecule has 0 unspecified atom stereocenters. The summed E-state index contributed by atoms with van der Waals surface area (Å²) >= 11 is 0. The maximum atomic E-state index is 12.6. The Hall–Kier alpha value is -2.07. The van der Waals surface area contributed by atoms with Gasteiger partial charge < -0.3 is 9.88 Å². The van der Waals surface area contributed by atoms with Gasteiger partial charge in [-0.05, 0) is 6.92 Å². The molecule has 0 saturated carbocycles. The molecule has 0 aliphatic carbocycles. The average Bonchev–Trinajstić information content (AvgIpc) is 2.95. The molecule has 0 atom stereocenters. The Morgan fingerprint density at radius 2 is 2.05 bits per heavy atom. The van der Waals surface area contributed by atoms with Crippen LogP contribution in [0.2, 0.25) is 0 Å². The van der Waals surface area contributed by atoms with E-state index in [-0.39, 0.29) is 11.4 Å². The number of hydrogen-bond acceptors (Lipinski definition) is 7. The second kappa shape index (κ2) is 5.37. The van der Waals surface area contributed by atoms with Crippen molar-refractivity contribution in [1.82, 2.24) is 29.0 Å². The summed E-state index contributed by atoms with van der Waals surface area (Å²) in [5, 5.41) is 10.6. The largest absolute Gasteiger partial charge is 0.355 e. The summed E-state index contributed by atoms with van der Waals surface area (Å²) in [5.41, 5.74) is 0. The first-order chi connectivity index (χ1) is 10.1. The number of nitrogens with zero attached hydrogens (tertiary/aromatic N) is 6. The van der Waals surface area contributed by atoms with Crippen LogP contribution in [0.1, 0.15) is 12.7 Å². The van der Waals surface area contributed by atoms with E-state index >= 15 is 0 Å². The van der Waals surface area contributed by atoms with Gasteiger partial charge >= 0.3 is 0 Å². The molecule has 0 saturated heterocycles. The third-order valence-corrected chi connectivity index (χ3v) is 5.00. The van der Waals surface area contributed by atoms with E-state index < -0.39 is 10.0 Å². The van der Waals surface area contributed by atoms with Crippen molar-refractivity contribution in [2.24, 2.45) is 0 Å². The predicted molar refractivity (Wildman–Crippen MR) is 73.8 cm³/mol. The van der Waals surface area contributed by atoms with Gasteiger partial charge in [-0.3, -0.25) is 0 Å². The Morgan fingerprint density at radius 3 is 2.76 bits per heavy atom. The minimum Gasteiger partial charge on any atom is -0.355 e. The number of rotatable bonds is 4. The van der Waals surface area contributed by atoms with Crippen molar-refractivity contribution in [1.29, 1.82) is 0 Å². The maximum absolute atomic E-state index is 12.6. The Balaban J connectivity index is 1.84. The van der Waals surface area contributed by atoms with Crippen LogP contribution in [0.15, 0.2) is 23.6 Å². The smallest absolute Gasteiger partial charge is 0.246 e. The summed E-state index contributed by atoms with van der Waals surface area (Å²) < 4.78 is 28.3. The molecule has 21 heavy (non-hydrogen) atoms. The first kappa shape index (κ1) is 13.9. The standard InChI is InChI=1S/C11H15N7O2S/c1-2-12-11-13-5-9(6-14-11)21(19,20)18-4-3-17-8-15-16-10(17)7-18/h5-6,8H,2-4,7H2,1H3,(H,12,13,14). The van der Waals surface area contributed by atoms with E-state index in [1.807, 2.05) is 11.5 Å². The van der Waals surface area contributed by atoms with Crippen molar-refractivity contribution >= 4 is 16.0 Å². The minimum atomic E-state index is -3.61. The van der Waals surface area contributed by atoms with Crippen LogP contribution in [0, 0.1) is 0 Å². The molecule has 0 fully saturated rings. The van der Waals surface area contributed by atoms with Crippen LogP contribution in [0.4, 0.5) is 5.95 Å². The third-order valence-electron chi connectivity index (χ3n) is 3.20. The fourth-order valence-corrected chi connectivity index (χ4v) is 3.37. The highest BCUT2D eigenvalue weighted by Crippen LogP contribution is 2.19. The monoisotopic (exact) mass is 309 g/mol. The molecule has 112 valence electrons. The number of hydrogen-bond donors (Lipinski definition) is 1. The minimum absolute atomic E-state index is 0.0807. The van der Waals surface area contributed by atoms with Gasteiger partial charge in [0.05, 0.1) is 18.9 Å². The molecule has 0 amide bonds. The van der Waals surface area contributed by atoms with Crippen LogP contribution in [0.25, 0.3) is 0 Å². The molecule has 0 spiro atoms. The van der Waals surface area contributed by atoms with E-state index in [4.69, 9.17) is 0 Å². The molecular weight excluding hydrogens is 294 g/mol. The average molecular weight is 309 g/mol. The highest BCUT2D eigenvalue weighted by Gasteiger charge is 2.29. The third kappa shape index (κ3) is 2.59. The predicted octanol–water partition coefficient (Wildman–Crippen LogP) is -0.296. The van der Waals surface area contributed by atoms with Gasteiger partial charge in [0.1, 0.15) is 17.0 Å². The van der Waals surface area contributed by atoms with E-state index in [1.165, 1.54) is 16.7 Å². The SMILES string of the molecule is CCNc1ncc(S(=O)(=O)N2CCn3cnnc3C2)cn1. The second-order valence-electron chi connectivity index (χ2n) is 4.55. The Bertz CT molecular complexity index is 725. The molecule has 0 aromatic carbocycles. The van der Waals surface area contributed by atoms with E-state index in [0.29, 0.717) is 31.4 Å². The number of aromatic nitrogens is 5. The van der Waals surface area contributed by atoms with Gasteiger partial charge in [-0.2, -0.15) is 4.31 Å². The first-order valence-electron chi connectivity index (χ1n) is 6.54. The highest BCUT2D eigenvalue weighted by atomic mass is 32.2. The maximum Gasteiger partial charge on any atom is 0.246 e. The van der Waals surface area contributed by atoms with Crippen molar-refractivity contribution in [2.45, 2.75) is 24.9 Å². The number of anilines is 1. The summed E-state index contributed by atoms with van der Waals surface area (Å²) in [6.07, 6.45) is 4.24. The number of sulfonamides is 1. The molecule has 2 aromatic heterocycles. The molecule has 0 bridgehead atoms. The second-order valence-corrected chi connectivity index (χ2v) is 6.49.